The van der Waals surface area contributed by atoms with Crippen LogP contribution in [0.1, 0.15) is 5.56 Å². The summed E-state index contributed by atoms with van der Waals surface area (Å²) >= 11 is 0. The lowest BCUT2D eigenvalue weighted by Gasteiger charge is -2.00. The Morgan fingerprint density at radius 1 is 1.62 bits per heavy atom. The number of nitro benzene ring substituents is 1. The quantitative estimate of drug-likeness (QED) is 0.264. The first-order chi connectivity index (χ1) is 7.65. The van der Waals surface area contributed by atoms with Crippen molar-refractivity contribution in [3.8, 4) is 0 Å². The minimum Gasteiger partial charge on any atom is -0.384 e. The number of rotatable bonds is 5. The van der Waals surface area contributed by atoms with E-state index in [9.17, 15) is 10.1 Å². The number of nitro groups is 1. The zero-order valence-electron chi connectivity index (χ0n) is 8.92. The Balaban J connectivity index is 2.83. The summed E-state index contributed by atoms with van der Waals surface area (Å²) in [4.78, 5) is 14.1. The lowest BCUT2D eigenvalue weighted by Crippen LogP contribution is -2.15. The molecule has 1 aromatic carbocycles. The number of aliphatic imine (C=N–C) groups is 1. The molecule has 86 valence electrons. The van der Waals surface area contributed by atoms with Crippen molar-refractivity contribution < 1.29 is 9.66 Å². The second kappa shape index (κ2) is 5.82. The molecule has 0 heterocycles. The molecule has 0 aliphatic rings. The van der Waals surface area contributed by atoms with Gasteiger partial charge in [-0.15, -0.1) is 0 Å². The van der Waals surface area contributed by atoms with Gasteiger partial charge in [-0.3, -0.25) is 15.1 Å². The van der Waals surface area contributed by atoms with Crippen LogP contribution in [-0.2, 0) is 4.74 Å². The van der Waals surface area contributed by atoms with Crippen LogP contribution in [0.5, 0.6) is 0 Å². The number of amidine groups is 1. The zero-order valence-corrected chi connectivity index (χ0v) is 8.92. The smallest absolute Gasteiger partial charge is 0.270 e. The van der Waals surface area contributed by atoms with E-state index in [1.807, 2.05) is 0 Å². The molecule has 0 spiro atoms. The topological polar surface area (TPSA) is 90.8 Å². The third-order valence-corrected chi connectivity index (χ3v) is 1.93. The van der Waals surface area contributed by atoms with Crippen LogP contribution in [0.4, 0.5) is 5.69 Å². The standard InChI is InChI=1S/C10H13N3O3/c1-16-6-5-12-10(11)8-3-2-4-9(7-8)13(14)15/h2-4,7H,5-6H2,1H3,(H2,11,12). The van der Waals surface area contributed by atoms with Crippen LogP contribution in [0.15, 0.2) is 29.3 Å². The Morgan fingerprint density at radius 3 is 3.00 bits per heavy atom. The number of nitrogens with zero attached hydrogens (tertiary/aromatic N) is 2. The predicted molar refractivity (Wildman–Crippen MR) is 60.6 cm³/mol. The van der Waals surface area contributed by atoms with Gasteiger partial charge in [0.2, 0.25) is 0 Å². The van der Waals surface area contributed by atoms with Crippen molar-refractivity contribution in [2.45, 2.75) is 0 Å². The summed E-state index contributed by atoms with van der Waals surface area (Å²) in [5.74, 6) is 0.278. The Kier molecular flexibility index (Phi) is 4.41. The van der Waals surface area contributed by atoms with Gasteiger partial charge in [0.15, 0.2) is 0 Å². The summed E-state index contributed by atoms with van der Waals surface area (Å²) in [6, 6.07) is 6.06. The summed E-state index contributed by atoms with van der Waals surface area (Å²) < 4.78 is 4.82. The van der Waals surface area contributed by atoms with Crippen molar-refractivity contribution in [3.63, 3.8) is 0 Å². The van der Waals surface area contributed by atoms with Crippen LogP contribution >= 0.6 is 0 Å². The van der Waals surface area contributed by atoms with E-state index in [2.05, 4.69) is 4.99 Å². The number of nitrogens with two attached hydrogens (primary N) is 1. The van der Waals surface area contributed by atoms with E-state index in [0.717, 1.165) is 0 Å². The van der Waals surface area contributed by atoms with Crippen molar-refractivity contribution in [2.75, 3.05) is 20.3 Å². The van der Waals surface area contributed by atoms with Crippen LogP contribution in [0.25, 0.3) is 0 Å². The van der Waals surface area contributed by atoms with Gasteiger partial charge < -0.3 is 10.5 Å². The second-order valence-corrected chi connectivity index (χ2v) is 3.07. The first-order valence-corrected chi connectivity index (χ1v) is 4.69. The van der Waals surface area contributed by atoms with Crippen molar-refractivity contribution in [1.29, 1.82) is 0 Å². The molecule has 6 nitrogen and oxygen atoms in total. The highest BCUT2D eigenvalue weighted by Crippen LogP contribution is 2.12. The van der Waals surface area contributed by atoms with Crippen LogP contribution in [0.2, 0.25) is 0 Å². The highest BCUT2D eigenvalue weighted by atomic mass is 16.6. The first-order valence-electron chi connectivity index (χ1n) is 4.69. The van der Waals surface area contributed by atoms with Gasteiger partial charge in [-0.2, -0.15) is 0 Å². The minimum atomic E-state index is -0.466. The molecule has 0 saturated heterocycles. The number of methoxy groups -OCH3 is 1. The highest BCUT2D eigenvalue weighted by Gasteiger charge is 2.07. The molecule has 0 amide bonds. The Labute approximate surface area is 92.9 Å². The van der Waals surface area contributed by atoms with E-state index >= 15 is 0 Å². The Hall–Kier alpha value is -1.95. The van der Waals surface area contributed by atoms with Gasteiger partial charge in [0.1, 0.15) is 5.84 Å². The van der Waals surface area contributed by atoms with Crippen LogP contribution in [0.3, 0.4) is 0 Å². The summed E-state index contributed by atoms with van der Waals surface area (Å²) in [5.41, 5.74) is 6.23. The third kappa shape index (κ3) is 3.32. The molecule has 0 atom stereocenters. The third-order valence-electron chi connectivity index (χ3n) is 1.93. The molecule has 0 bridgehead atoms. The number of hydrogen-bond donors (Lipinski definition) is 1. The molecule has 2 N–H and O–H groups in total. The van der Waals surface area contributed by atoms with E-state index in [1.165, 1.54) is 12.1 Å². The fourth-order valence-electron chi connectivity index (χ4n) is 1.13. The SMILES string of the molecule is COCCN=C(N)c1cccc([N+](=O)[O-])c1. The zero-order chi connectivity index (χ0) is 12.0. The monoisotopic (exact) mass is 223 g/mol. The van der Waals surface area contributed by atoms with Crippen molar-refractivity contribution >= 4 is 11.5 Å². The fraction of sp³-hybridized carbons (Fsp3) is 0.300. The summed E-state index contributed by atoms with van der Waals surface area (Å²) in [5, 5.41) is 10.5. The number of ether oxygens (including phenoxy) is 1. The lowest BCUT2D eigenvalue weighted by molar-refractivity contribution is -0.384. The molecule has 0 saturated carbocycles. The van der Waals surface area contributed by atoms with Crippen molar-refractivity contribution in [1.82, 2.24) is 0 Å². The number of benzene rings is 1. The predicted octanol–water partition coefficient (Wildman–Crippen LogP) is 0.947. The van der Waals surface area contributed by atoms with Gasteiger partial charge in [0.05, 0.1) is 18.1 Å². The molecule has 6 heteroatoms. The summed E-state index contributed by atoms with van der Waals surface area (Å²) in [6.07, 6.45) is 0. The van der Waals surface area contributed by atoms with Crippen LogP contribution < -0.4 is 5.73 Å². The molecule has 0 fully saturated rings. The van der Waals surface area contributed by atoms with E-state index < -0.39 is 4.92 Å². The summed E-state index contributed by atoms with van der Waals surface area (Å²) in [7, 11) is 1.57. The van der Waals surface area contributed by atoms with Gasteiger partial charge in [-0.25, -0.2) is 0 Å². The number of hydrogen-bond acceptors (Lipinski definition) is 4. The van der Waals surface area contributed by atoms with Gasteiger partial charge in [0, 0.05) is 24.8 Å². The lowest BCUT2D eigenvalue weighted by atomic mass is 10.2. The molecular weight excluding hydrogens is 210 g/mol. The van der Waals surface area contributed by atoms with Crippen molar-refractivity contribution in [3.05, 3.63) is 39.9 Å². The largest absolute Gasteiger partial charge is 0.384 e. The van der Waals surface area contributed by atoms with E-state index in [0.29, 0.717) is 18.7 Å². The van der Waals surface area contributed by atoms with E-state index in [1.54, 1.807) is 19.2 Å². The van der Waals surface area contributed by atoms with Gasteiger partial charge >= 0.3 is 0 Å². The fourth-order valence-corrected chi connectivity index (χ4v) is 1.13. The van der Waals surface area contributed by atoms with Gasteiger partial charge in [-0.1, -0.05) is 12.1 Å². The summed E-state index contributed by atoms with van der Waals surface area (Å²) in [6.45, 7) is 0.903. The van der Waals surface area contributed by atoms with Crippen molar-refractivity contribution in [2.24, 2.45) is 10.7 Å². The Bertz CT molecular complexity index is 404. The molecule has 0 radical (unpaired) electrons. The molecule has 0 aliphatic carbocycles. The molecule has 0 unspecified atom stereocenters. The second-order valence-electron chi connectivity index (χ2n) is 3.07. The average molecular weight is 223 g/mol. The molecule has 1 aromatic rings. The molecule has 1 rings (SSSR count). The molecule has 0 aliphatic heterocycles. The first kappa shape index (κ1) is 12.1. The average Bonchev–Trinajstić information content (AvgIpc) is 2.29. The maximum Gasteiger partial charge on any atom is 0.270 e. The molecule has 16 heavy (non-hydrogen) atoms. The van der Waals surface area contributed by atoms with Gasteiger partial charge in [-0.05, 0) is 0 Å². The highest BCUT2D eigenvalue weighted by molar-refractivity contribution is 5.97. The van der Waals surface area contributed by atoms with Gasteiger partial charge in [0.25, 0.3) is 5.69 Å². The maximum absolute atomic E-state index is 10.5. The molecular formula is C10H13N3O3. The van der Waals surface area contributed by atoms with Crippen LogP contribution in [-0.4, -0.2) is 31.0 Å². The normalized spacial score (nSPS) is 11.4. The van der Waals surface area contributed by atoms with E-state index in [4.69, 9.17) is 10.5 Å². The van der Waals surface area contributed by atoms with E-state index in [-0.39, 0.29) is 11.5 Å². The molecule has 0 aromatic heterocycles. The number of non-ortho nitro benzene ring substituents is 1. The minimum absolute atomic E-state index is 0.00221. The Morgan fingerprint density at radius 2 is 2.38 bits per heavy atom. The van der Waals surface area contributed by atoms with Crippen LogP contribution in [0, 0.1) is 10.1 Å². The maximum atomic E-state index is 10.5.